The summed E-state index contributed by atoms with van der Waals surface area (Å²) in [6.07, 6.45) is 5.02. The Bertz CT molecular complexity index is 683. The highest BCUT2D eigenvalue weighted by atomic mass is 16.6. The second-order valence-electron chi connectivity index (χ2n) is 7.48. The number of ether oxygens (including phenoxy) is 4. The van der Waals surface area contributed by atoms with E-state index in [1.54, 1.807) is 0 Å². The standard InChI is InChI=1S/C24H34O8/c1-19(25)29-17-22(18-30-20(2)26)32-24(28)15-11-6-4-3-5-10-14-23(27)31-16-21-12-8-7-9-13-21/h7-9,12-13,22H,3-6,10-11,14-18H2,1-2H3. The first-order valence-electron chi connectivity index (χ1n) is 11.0. The van der Waals surface area contributed by atoms with Gasteiger partial charge >= 0.3 is 23.9 Å². The number of unbranched alkanes of at least 4 members (excludes halogenated alkanes) is 5. The molecule has 1 aromatic rings. The van der Waals surface area contributed by atoms with Crippen LogP contribution in [0.15, 0.2) is 30.3 Å². The smallest absolute Gasteiger partial charge is 0.306 e. The molecule has 0 spiro atoms. The SMILES string of the molecule is CC(=O)OCC(COC(C)=O)OC(=O)CCCCCCCCC(=O)OCc1ccccc1. The molecule has 0 fully saturated rings. The molecule has 0 aromatic heterocycles. The Hall–Kier alpha value is -2.90. The van der Waals surface area contributed by atoms with E-state index in [0.717, 1.165) is 37.7 Å². The highest BCUT2D eigenvalue weighted by Crippen LogP contribution is 2.11. The minimum Gasteiger partial charge on any atom is -0.462 e. The van der Waals surface area contributed by atoms with E-state index in [1.165, 1.54) is 13.8 Å². The highest BCUT2D eigenvalue weighted by molar-refractivity contribution is 5.70. The lowest BCUT2D eigenvalue weighted by Crippen LogP contribution is -2.30. The summed E-state index contributed by atoms with van der Waals surface area (Å²) in [7, 11) is 0. The third-order valence-corrected chi connectivity index (χ3v) is 4.50. The lowest BCUT2D eigenvalue weighted by molar-refractivity contribution is -0.165. The number of hydrogen-bond donors (Lipinski definition) is 0. The fourth-order valence-electron chi connectivity index (χ4n) is 2.84. The summed E-state index contributed by atoms with van der Waals surface area (Å²) in [5, 5.41) is 0. The van der Waals surface area contributed by atoms with Crippen molar-refractivity contribution in [1.29, 1.82) is 0 Å². The van der Waals surface area contributed by atoms with E-state index in [1.807, 2.05) is 30.3 Å². The third-order valence-electron chi connectivity index (χ3n) is 4.50. The van der Waals surface area contributed by atoms with Crippen molar-refractivity contribution in [2.24, 2.45) is 0 Å². The van der Waals surface area contributed by atoms with Gasteiger partial charge in [-0.1, -0.05) is 56.0 Å². The van der Waals surface area contributed by atoms with Crippen LogP contribution in [0.3, 0.4) is 0 Å². The van der Waals surface area contributed by atoms with Crippen LogP contribution in [-0.4, -0.2) is 43.2 Å². The molecule has 0 atom stereocenters. The van der Waals surface area contributed by atoms with Crippen LogP contribution in [0, 0.1) is 0 Å². The minimum absolute atomic E-state index is 0.151. The highest BCUT2D eigenvalue weighted by Gasteiger charge is 2.17. The summed E-state index contributed by atoms with van der Waals surface area (Å²) < 4.78 is 20.1. The molecule has 8 heteroatoms. The van der Waals surface area contributed by atoms with Crippen LogP contribution in [0.4, 0.5) is 0 Å². The third kappa shape index (κ3) is 15.0. The van der Waals surface area contributed by atoms with Crippen molar-refractivity contribution in [3.8, 4) is 0 Å². The fourth-order valence-corrected chi connectivity index (χ4v) is 2.84. The van der Waals surface area contributed by atoms with Crippen molar-refractivity contribution in [2.75, 3.05) is 13.2 Å². The summed E-state index contributed by atoms with van der Waals surface area (Å²) in [5.41, 5.74) is 0.975. The van der Waals surface area contributed by atoms with Gasteiger partial charge in [-0.2, -0.15) is 0 Å². The molecule has 178 valence electrons. The molecule has 0 unspecified atom stereocenters. The molecule has 1 rings (SSSR count). The normalized spacial score (nSPS) is 10.5. The topological polar surface area (TPSA) is 105 Å². The molecule has 0 radical (unpaired) electrons. The molecular weight excluding hydrogens is 416 g/mol. The van der Waals surface area contributed by atoms with E-state index >= 15 is 0 Å². The number of rotatable bonds is 16. The van der Waals surface area contributed by atoms with E-state index in [0.29, 0.717) is 19.4 Å². The van der Waals surface area contributed by atoms with Crippen molar-refractivity contribution >= 4 is 23.9 Å². The van der Waals surface area contributed by atoms with Crippen LogP contribution in [0.5, 0.6) is 0 Å². The predicted molar refractivity (Wildman–Crippen MR) is 116 cm³/mol. The zero-order chi connectivity index (χ0) is 23.6. The van der Waals surface area contributed by atoms with Crippen LogP contribution >= 0.6 is 0 Å². The van der Waals surface area contributed by atoms with Crippen LogP contribution in [0.1, 0.15) is 70.8 Å². The largest absolute Gasteiger partial charge is 0.462 e. The molecule has 0 saturated carbocycles. The monoisotopic (exact) mass is 450 g/mol. The zero-order valence-electron chi connectivity index (χ0n) is 19.0. The molecule has 1 aromatic carbocycles. The number of carbonyl (C=O) groups is 4. The van der Waals surface area contributed by atoms with Gasteiger partial charge < -0.3 is 18.9 Å². The second kappa shape index (κ2) is 16.8. The Morgan fingerprint density at radius 2 is 1.19 bits per heavy atom. The molecule has 0 bridgehead atoms. The van der Waals surface area contributed by atoms with Crippen LogP contribution < -0.4 is 0 Å². The van der Waals surface area contributed by atoms with Gasteiger partial charge in [-0.3, -0.25) is 19.2 Å². The number of hydrogen-bond acceptors (Lipinski definition) is 8. The van der Waals surface area contributed by atoms with Crippen LogP contribution in [0.25, 0.3) is 0 Å². The van der Waals surface area contributed by atoms with Gasteiger partial charge in [0.25, 0.3) is 0 Å². The summed E-state index contributed by atoms with van der Waals surface area (Å²) in [6, 6.07) is 9.58. The van der Waals surface area contributed by atoms with Crippen molar-refractivity contribution < 1.29 is 38.1 Å². The summed E-state index contributed by atoms with van der Waals surface area (Å²) >= 11 is 0. The van der Waals surface area contributed by atoms with Gasteiger partial charge in [0.1, 0.15) is 19.8 Å². The molecule has 0 aliphatic heterocycles. The first-order valence-corrected chi connectivity index (χ1v) is 11.0. The van der Waals surface area contributed by atoms with Gasteiger partial charge in [-0.05, 0) is 18.4 Å². The minimum atomic E-state index is -0.808. The van der Waals surface area contributed by atoms with Crippen LogP contribution in [0.2, 0.25) is 0 Å². The maximum atomic E-state index is 12.0. The summed E-state index contributed by atoms with van der Waals surface area (Å²) in [4.78, 5) is 45.6. The summed E-state index contributed by atoms with van der Waals surface area (Å²) in [6.45, 7) is 2.50. The Morgan fingerprint density at radius 1 is 0.688 bits per heavy atom. The first kappa shape index (κ1) is 27.1. The second-order valence-corrected chi connectivity index (χ2v) is 7.48. The Labute approximate surface area is 189 Å². The van der Waals surface area contributed by atoms with Gasteiger partial charge in [0, 0.05) is 26.7 Å². The van der Waals surface area contributed by atoms with Crippen molar-refractivity contribution in [2.45, 2.75) is 77.9 Å². The Morgan fingerprint density at radius 3 is 1.72 bits per heavy atom. The quantitative estimate of drug-likeness (QED) is 0.212. The zero-order valence-corrected chi connectivity index (χ0v) is 19.0. The number of benzene rings is 1. The van der Waals surface area contributed by atoms with Gasteiger partial charge in [0.15, 0.2) is 6.10 Å². The molecule has 0 saturated heterocycles. The Kier molecular flexibility index (Phi) is 14.2. The van der Waals surface area contributed by atoms with E-state index in [9.17, 15) is 19.2 Å². The average Bonchev–Trinajstić information content (AvgIpc) is 2.76. The van der Waals surface area contributed by atoms with Gasteiger partial charge in [-0.15, -0.1) is 0 Å². The van der Waals surface area contributed by atoms with Gasteiger partial charge in [0.05, 0.1) is 0 Å². The lowest BCUT2D eigenvalue weighted by Gasteiger charge is -2.17. The molecule has 0 aliphatic rings. The van der Waals surface area contributed by atoms with Crippen LogP contribution in [-0.2, 0) is 44.7 Å². The molecule has 8 nitrogen and oxygen atoms in total. The van der Waals surface area contributed by atoms with Crippen molar-refractivity contribution in [3.63, 3.8) is 0 Å². The molecule has 0 aliphatic carbocycles. The Balaban J connectivity index is 2.05. The predicted octanol–water partition coefficient (Wildman–Crippen LogP) is 3.89. The molecule has 0 heterocycles. The maximum Gasteiger partial charge on any atom is 0.306 e. The summed E-state index contributed by atoms with van der Waals surface area (Å²) in [5.74, 6) is -1.61. The molecular formula is C24H34O8. The van der Waals surface area contributed by atoms with Crippen molar-refractivity contribution in [3.05, 3.63) is 35.9 Å². The van der Waals surface area contributed by atoms with Gasteiger partial charge in [-0.25, -0.2) is 0 Å². The maximum absolute atomic E-state index is 12.0. The van der Waals surface area contributed by atoms with Crippen molar-refractivity contribution in [1.82, 2.24) is 0 Å². The average molecular weight is 451 g/mol. The first-order chi connectivity index (χ1) is 15.4. The van der Waals surface area contributed by atoms with E-state index in [2.05, 4.69) is 0 Å². The number of carbonyl (C=O) groups excluding carboxylic acids is 4. The van der Waals surface area contributed by atoms with E-state index in [4.69, 9.17) is 18.9 Å². The van der Waals surface area contributed by atoms with Gasteiger partial charge in [0.2, 0.25) is 0 Å². The number of esters is 4. The lowest BCUT2D eigenvalue weighted by atomic mass is 10.1. The van der Waals surface area contributed by atoms with E-state index < -0.39 is 24.0 Å². The van der Waals surface area contributed by atoms with E-state index in [-0.39, 0.29) is 25.6 Å². The fraction of sp³-hybridized carbons (Fsp3) is 0.583. The molecule has 0 amide bonds. The molecule has 0 N–H and O–H groups in total. The molecule has 32 heavy (non-hydrogen) atoms.